The van der Waals surface area contributed by atoms with E-state index in [1.807, 2.05) is 24.3 Å². The first-order valence-corrected chi connectivity index (χ1v) is 10.8. The van der Waals surface area contributed by atoms with Crippen LogP contribution in [0.4, 0.5) is 4.39 Å². The van der Waals surface area contributed by atoms with E-state index in [1.165, 1.54) is 12.1 Å². The van der Waals surface area contributed by atoms with Gasteiger partial charge in [-0.25, -0.2) is 4.39 Å². The Labute approximate surface area is 186 Å². The molecule has 3 aromatic rings. The van der Waals surface area contributed by atoms with Crippen molar-refractivity contribution in [3.05, 3.63) is 65.1 Å². The molecule has 32 heavy (non-hydrogen) atoms. The van der Waals surface area contributed by atoms with Gasteiger partial charge in [-0.3, -0.25) is 9.59 Å². The van der Waals surface area contributed by atoms with Gasteiger partial charge in [-0.15, -0.1) is 0 Å². The van der Waals surface area contributed by atoms with Crippen LogP contribution in [0.3, 0.4) is 0 Å². The number of carboxylic acid groups (broad SMARTS) is 1. The number of ketones is 1. The molecule has 0 bridgehead atoms. The molecule has 6 nitrogen and oxygen atoms in total. The predicted molar refractivity (Wildman–Crippen MR) is 120 cm³/mol. The van der Waals surface area contributed by atoms with Gasteiger partial charge >= 0.3 is 5.97 Å². The van der Waals surface area contributed by atoms with Crippen LogP contribution in [-0.4, -0.2) is 41.1 Å². The fourth-order valence-corrected chi connectivity index (χ4v) is 4.57. The van der Waals surface area contributed by atoms with E-state index in [-0.39, 0.29) is 30.7 Å². The summed E-state index contributed by atoms with van der Waals surface area (Å²) < 4.78 is 20.9. The third-order valence-electron chi connectivity index (χ3n) is 6.14. The van der Waals surface area contributed by atoms with Gasteiger partial charge in [0.05, 0.1) is 13.7 Å². The molecular weight excluding hydrogens is 411 g/mol. The second kappa shape index (κ2) is 9.53. The van der Waals surface area contributed by atoms with Crippen molar-refractivity contribution in [2.45, 2.75) is 44.7 Å². The van der Waals surface area contributed by atoms with Crippen molar-refractivity contribution in [2.24, 2.45) is 0 Å². The molecular formula is C25H27FN2O4. The first-order chi connectivity index (χ1) is 15.4. The van der Waals surface area contributed by atoms with Crippen molar-refractivity contribution in [3.63, 3.8) is 0 Å². The second-order valence-electron chi connectivity index (χ2n) is 8.28. The van der Waals surface area contributed by atoms with Gasteiger partial charge in [0.15, 0.2) is 0 Å². The minimum absolute atomic E-state index is 0.0930. The number of ether oxygens (including phenoxy) is 1. The first-order valence-electron chi connectivity index (χ1n) is 10.8. The molecule has 0 radical (unpaired) electrons. The lowest BCUT2D eigenvalue weighted by Crippen LogP contribution is -2.38. The Morgan fingerprint density at radius 3 is 2.88 bits per heavy atom. The highest BCUT2D eigenvalue weighted by molar-refractivity contribution is 5.87. The number of rotatable bonds is 9. The number of fused-ring (bicyclic) bond motifs is 3. The zero-order valence-electron chi connectivity index (χ0n) is 18.1. The molecule has 2 N–H and O–H groups in total. The topological polar surface area (TPSA) is 80.6 Å². The number of carbonyl (C=O) groups is 2. The molecule has 7 heteroatoms. The molecule has 1 heterocycles. The standard InChI is InChI=1S/C25H27FN2O4/c1-32-20-4-2-3-16(11-20)5-8-19(29)14-27-18-7-10-24-22(13-18)21-12-17(26)6-9-23(21)28(24)15-25(30)31/h2-4,6,9,11-12,18,27H,5,7-8,10,13-15H2,1H3,(H,30,31)/t18-/m0/s1. The minimum atomic E-state index is -0.920. The molecule has 1 aliphatic rings. The van der Waals surface area contributed by atoms with Crippen LogP contribution in [0.2, 0.25) is 0 Å². The molecule has 168 valence electrons. The van der Waals surface area contributed by atoms with Gasteiger partial charge in [-0.1, -0.05) is 12.1 Å². The molecule has 1 aromatic heterocycles. The number of hydrogen-bond acceptors (Lipinski definition) is 4. The summed E-state index contributed by atoms with van der Waals surface area (Å²) in [6.07, 6.45) is 3.24. The summed E-state index contributed by atoms with van der Waals surface area (Å²) in [4.78, 5) is 23.8. The SMILES string of the molecule is COc1cccc(CCC(=O)CN[C@H]2CCc3c(c4cc(F)ccc4n3CC(=O)O)C2)c1. The lowest BCUT2D eigenvalue weighted by Gasteiger charge is -2.24. The van der Waals surface area contributed by atoms with Crippen LogP contribution in [0.5, 0.6) is 5.75 Å². The quantitative estimate of drug-likeness (QED) is 0.534. The van der Waals surface area contributed by atoms with E-state index in [0.29, 0.717) is 25.7 Å². The number of hydrogen-bond donors (Lipinski definition) is 2. The predicted octanol–water partition coefficient (Wildman–Crippen LogP) is 3.52. The van der Waals surface area contributed by atoms with Crippen LogP contribution in [0.1, 0.15) is 29.7 Å². The molecule has 0 saturated carbocycles. The molecule has 0 fully saturated rings. The molecule has 2 aromatic carbocycles. The van der Waals surface area contributed by atoms with E-state index in [2.05, 4.69) is 5.32 Å². The molecule has 0 spiro atoms. The number of halogens is 1. The van der Waals surface area contributed by atoms with E-state index in [9.17, 15) is 19.1 Å². The van der Waals surface area contributed by atoms with Gasteiger partial charge in [0.25, 0.3) is 0 Å². The van der Waals surface area contributed by atoms with E-state index >= 15 is 0 Å². The average molecular weight is 438 g/mol. The number of aliphatic carboxylic acids is 1. The zero-order valence-corrected chi connectivity index (χ0v) is 18.1. The molecule has 0 amide bonds. The van der Waals surface area contributed by atoms with Crippen molar-refractivity contribution < 1.29 is 23.8 Å². The number of nitrogens with one attached hydrogen (secondary N) is 1. The number of methoxy groups -OCH3 is 1. The van der Waals surface area contributed by atoms with Crippen LogP contribution >= 0.6 is 0 Å². The number of carbonyl (C=O) groups excluding carboxylic acids is 1. The highest BCUT2D eigenvalue weighted by Gasteiger charge is 2.26. The molecule has 1 atom stereocenters. The number of nitrogens with zero attached hydrogens (tertiary/aromatic N) is 1. The van der Waals surface area contributed by atoms with Crippen molar-refractivity contribution in [3.8, 4) is 5.75 Å². The summed E-state index contributed by atoms with van der Waals surface area (Å²) in [5, 5.41) is 13.4. The van der Waals surface area contributed by atoms with Gasteiger partial charge < -0.3 is 19.7 Å². The van der Waals surface area contributed by atoms with Crippen LogP contribution in [-0.2, 0) is 35.4 Å². The summed E-state index contributed by atoms with van der Waals surface area (Å²) in [6, 6.07) is 12.3. The lowest BCUT2D eigenvalue weighted by molar-refractivity contribution is -0.137. The molecule has 0 unspecified atom stereocenters. The number of aromatic nitrogens is 1. The summed E-state index contributed by atoms with van der Waals surface area (Å²) in [5.41, 5.74) is 3.74. The number of carboxylic acids is 1. The number of benzene rings is 2. The maximum atomic E-state index is 13.9. The Balaban J connectivity index is 1.40. The maximum absolute atomic E-state index is 13.9. The van der Waals surface area contributed by atoms with Crippen LogP contribution in [0, 0.1) is 5.82 Å². The third kappa shape index (κ3) is 4.83. The summed E-state index contributed by atoms with van der Waals surface area (Å²) in [5.74, 6) is -0.339. The fourth-order valence-electron chi connectivity index (χ4n) is 4.57. The summed E-state index contributed by atoms with van der Waals surface area (Å²) >= 11 is 0. The van der Waals surface area contributed by atoms with Gasteiger partial charge in [0.1, 0.15) is 23.9 Å². The van der Waals surface area contributed by atoms with Crippen LogP contribution < -0.4 is 10.1 Å². The zero-order chi connectivity index (χ0) is 22.7. The highest BCUT2D eigenvalue weighted by Crippen LogP contribution is 2.33. The highest BCUT2D eigenvalue weighted by atomic mass is 19.1. The van der Waals surface area contributed by atoms with Gasteiger partial charge in [0, 0.05) is 29.1 Å². The van der Waals surface area contributed by atoms with Crippen LogP contribution in [0.15, 0.2) is 42.5 Å². The van der Waals surface area contributed by atoms with Gasteiger partial charge in [-0.2, -0.15) is 0 Å². The van der Waals surface area contributed by atoms with Crippen molar-refractivity contribution in [1.29, 1.82) is 0 Å². The van der Waals surface area contributed by atoms with E-state index in [4.69, 9.17) is 4.74 Å². The smallest absolute Gasteiger partial charge is 0.323 e. The van der Waals surface area contributed by atoms with Crippen molar-refractivity contribution in [1.82, 2.24) is 9.88 Å². The molecule has 0 aliphatic heterocycles. The monoisotopic (exact) mass is 438 g/mol. The molecule has 0 saturated heterocycles. The number of aryl methyl sites for hydroxylation is 1. The Kier molecular flexibility index (Phi) is 6.55. The molecule has 1 aliphatic carbocycles. The summed E-state index contributed by atoms with van der Waals surface area (Å²) in [7, 11) is 1.62. The lowest BCUT2D eigenvalue weighted by atomic mass is 9.91. The largest absolute Gasteiger partial charge is 0.497 e. The van der Waals surface area contributed by atoms with Crippen molar-refractivity contribution >= 4 is 22.7 Å². The molecule has 4 rings (SSSR count). The van der Waals surface area contributed by atoms with Crippen LogP contribution in [0.25, 0.3) is 10.9 Å². The normalized spacial score (nSPS) is 15.5. The van der Waals surface area contributed by atoms with Gasteiger partial charge in [-0.05, 0) is 67.1 Å². The van der Waals surface area contributed by atoms with E-state index < -0.39 is 5.97 Å². The minimum Gasteiger partial charge on any atom is -0.497 e. The van der Waals surface area contributed by atoms with Crippen molar-refractivity contribution in [2.75, 3.05) is 13.7 Å². The Morgan fingerprint density at radius 1 is 1.25 bits per heavy atom. The third-order valence-corrected chi connectivity index (χ3v) is 6.14. The maximum Gasteiger partial charge on any atom is 0.323 e. The second-order valence-corrected chi connectivity index (χ2v) is 8.28. The van der Waals surface area contributed by atoms with E-state index in [0.717, 1.165) is 39.9 Å². The fraction of sp³-hybridized carbons (Fsp3) is 0.360. The first kappa shape index (κ1) is 22.0. The average Bonchev–Trinajstić information content (AvgIpc) is 3.08. The number of Topliss-reactive ketones (excluding diaryl/α,β-unsaturated/α-hetero) is 1. The Morgan fingerprint density at radius 2 is 2.09 bits per heavy atom. The van der Waals surface area contributed by atoms with E-state index in [1.54, 1.807) is 17.7 Å². The summed E-state index contributed by atoms with van der Waals surface area (Å²) in [6.45, 7) is 0.143. The Bertz CT molecular complexity index is 1150. The van der Waals surface area contributed by atoms with Gasteiger partial charge in [0.2, 0.25) is 0 Å². The Hall–Kier alpha value is -3.19.